The maximum Gasteiger partial charge on any atom is 0.323 e. The average molecular weight is 395 g/mol. The number of rotatable bonds is 6. The number of aliphatic hydroxyl groups excluding tert-OH is 2. The average Bonchev–Trinajstić information content (AvgIpc) is 2.84. The molecule has 2 unspecified atom stereocenters. The summed E-state index contributed by atoms with van der Waals surface area (Å²) >= 11 is 5.89. The highest BCUT2D eigenvalue weighted by atomic mass is 35.5. The third-order valence-corrected chi connectivity index (χ3v) is 4.84. The van der Waals surface area contributed by atoms with E-state index in [9.17, 15) is 19.4 Å². The van der Waals surface area contributed by atoms with Crippen molar-refractivity contribution in [2.75, 3.05) is 12.5 Å². The molecule has 9 nitrogen and oxygen atoms in total. The van der Waals surface area contributed by atoms with Gasteiger partial charge in [-0.2, -0.15) is 0 Å². The Balaban J connectivity index is 2.12. The molecule has 0 aromatic heterocycles. The number of carbonyl (C=O) groups is 1. The van der Waals surface area contributed by atoms with Crippen molar-refractivity contribution in [1.82, 2.24) is 4.90 Å². The molecular formula is C15H24ClFN4O5. The molecule has 0 aromatic carbocycles. The summed E-state index contributed by atoms with van der Waals surface area (Å²) < 4.78 is 25.3. The molecule has 2 aliphatic heterocycles. The minimum Gasteiger partial charge on any atom is -0.461 e. The van der Waals surface area contributed by atoms with Gasteiger partial charge >= 0.3 is 5.97 Å². The molecule has 6 atom stereocenters. The standard InChI is InChI=1S/C15H24ClFN4O5/c1-7(2)10(19)13(23)25-6-15(5-16)11(22)9(17)12(26-15)21-4-3-8(18)20-14(21)24/h3-4,7,9-12,14,22,24H,5-6,19H2,1-2H3,(H2,18,20)/t9-,10?,11+,12-,14?,15-/m1/s1. The second-order valence-electron chi connectivity index (χ2n) is 6.64. The van der Waals surface area contributed by atoms with Crippen LogP contribution in [0.3, 0.4) is 0 Å². The Bertz CT molecular complexity index is 592. The van der Waals surface area contributed by atoms with Crippen LogP contribution >= 0.6 is 11.6 Å². The van der Waals surface area contributed by atoms with Gasteiger partial charge in [0.15, 0.2) is 12.4 Å². The number of alkyl halides is 2. The quantitative estimate of drug-likeness (QED) is 0.332. The fourth-order valence-electron chi connectivity index (χ4n) is 2.58. The van der Waals surface area contributed by atoms with Crippen molar-refractivity contribution in [3.05, 3.63) is 12.3 Å². The molecule has 2 heterocycles. The van der Waals surface area contributed by atoms with Gasteiger partial charge in [0.2, 0.25) is 6.35 Å². The van der Waals surface area contributed by atoms with Crippen LogP contribution in [-0.4, -0.2) is 75.9 Å². The Hall–Kier alpha value is -1.46. The second kappa shape index (κ2) is 8.05. The van der Waals surface area contributed by atoms with Crippen LogP contribution in [0.2, 0.25) is 0 Å². The Morgan fingerprint density at radius 1 is 1.58 bits per heavy atom. The topological polar surface area (TPSA) is 144 Å². The van der Waals surface area contributed by atoms with Crippen molar-refractivity contribution in [2.45, 2.75) is 50.3 Å². The van der Waals surface area contributed by atoms with E-state index in [0.717, 1.165) is 4.90 Å². The van der Waals surface area contributed by atoms with Crippen LogP contribution in [0, 0.1) is 5.92 Å². The molecule has 2 rings (SSSR count). The zero-order valence-corrected chi connectivity index (χ0v) is 15.2. The van der Waals surface area contributed by atoms with Gasteiger partial charge in [0.25, 0.3) is 0 Å². The number of nitrogens with two attached hydrogens (primary N) is 2. The number of carbonyl (C=O) groups excluding carboxylic acids is 1. The Kier molecular flexibility index (Phi) is 6.46. The fourth-order valence-corrected chi connectivity index (χ4v) is 2.87. The summed E-state index contributed by atoms with van der Waals surface area (Å²) in [4.78, 5) is 16.7. The predicted molar refractivity (Wildman–Crippen MR) is 91.6 cm³/mol. The monoisotopic (exact) mass is 394 g/mol. The largest absolute Gasteiger partial charge is 0.461 e. The number of aliphatic hydroxyl groups is 2. The number of aliphatic imine (C=N–C) groups is 1. The summed E-state index contributed by atoms with van der Waals surface area (Å²) in [6.07, 6.45) is -3.89. The molecule has 11 heteroatoms. The van der Waals surface area contributed by atoms with Crippen LogP contribution < -0.4 is 11.5 Å². The first kappa shape index (κ1) is 20.8. The van der Waals surface area contributed by atoms with Gasteiger partial charge in [0.05, 0.1) is 5.88 Å². The van der Waals surface area contributed by atoms with E-state index in [-0.39, 0.29) is 17.6 Å². The zero-order chi connectivity index (χ0) is 19.6. The molecule has 0 bridgehead atoms. The predicted octanol–water partition coefficient (Wildman–Crippen LogP) is -0.992. The fraction of sp³-hybridized carbons (Fsp3) is 0.733. The van der Waals surface area contributed by atoms with Crippen molar-refractivity contribution >= 4 is 23.4 Å². The van der Waals surface area contributed by atoms with E-state index in [2.05, 4.69) is 4.99 Å². The molecular weight excluding hydrogens is 371 g/mol. The summed E-state index contributed by atoms with van der Waals surface area (Å²) in [6.45, 7) is 3.00. The number of amidine groups is 1. The summed E-state index contributed by atoms with van der Waals surface area (Å²) in [5.41, 5.74) is 9.47. The maximum absolute atomic E-state index is 14.7. The first-order chi connectivity index (χ1) is 12.1. The lowest BCUT2D eigenvalue weighted by atomic mass is 9.98. The van der Waals surface area contributed by atoms with Gasteiger partial charge < -0.3 is 36.1 Å². The lowest BCUT2D eigenvalue weighted by Gasteiger charge is -2.34. The molecule has 0 amide bonds. The van der Waals surface area contributed by atoms with Gasteiger partial charge in [-0.05, 0) is 12.0 Å². The SMILES string of the molecule is CC(C)C(N)C(=O)OC[C@@]1(CCl)O[C@@H](N2C=CC(N)=NC2O)[C@H](F)[C@@H]1O. The third kappa shape index (κ3) is 3.94. The van der Waals surface area contributed by atoms with Crippen LogP contribution in [0.1, 0.15) is 13.8 Å². The first-order valence-corrected chi connectivity index (χ1v) is 8.61. The van der Waals surface area contributed by atoms with Gasteiger partial charge in [-0.25, -0.2) is 9.38 Å². The van der Waals surface area contributed by atoms with E-state index in [1.807, 2.05) is 0 Å². The highest BCUT2D eigenvalue weighted by Crippen LogP contribution is 2.37. The van der Waals surface area contributed by atoms with E-state index in [4.69, 9.17) is 32.5 Å². The van der Waals surface area contributed by atoms with Crippen LogP contribution in [0.15, 0.2) is 17.3 Å². The number of esters is 1. The van der Waals surface area contributed by atoms with Gasteiger partial charge in [0.1, 0.15) is 30.2 Å². The van der Waals surface area contributed by atoms with Crippen LogP contribution in [0.4, 0.5) is 4.39 Å². The molecule has 26 heavy (non-hydrogen) atoms. The molecule has 1 fully saturated rings. The van der Waals surface area contributed by atoms with Crippen molar-refractivity contribution in [3.8, 4) is 0 Å². The van der Waals surface area contributed by atoms with Crippen LogP contribution in [0.5, 0.6) is 0 Å². The molecule has 0 aliphatic carbocycles. The summed E-state index contributed by atoms with van der Waals surface area (Å²) in [5.74, 6) is -1.17. The minimum absolute atomic E-state index is 0.0583. The Morgan fingerprint density at radius 2 is 2.23 bits per heavy atom. The number of hydrogen-bond donors (Lipinski definition) is 4. The zero-order valence-electron chi connectivity index (χ0n) is 14.5. The van der Waals surface area contributed by atoms with E-state index in [1.54, 1.807) is 13.8 Å². The van der Waals surface area contributed by atoms with Gasteiger partial charge in [0, 0.05) is 6.20 Å². The molecule has 0 aromatic rings. The highest BCUT2D eigenvalue weighted by Gasteiger charge is 2.58. The molecule has 0 spiro atoms. The van der Waals surface area contributed by atoms with Crippen LogP contribution in [0.25, 0.3) is 0 Å². The number of hydrogen-bond acceptors (Lipinski definition) is 9. The highest BCUT2D eigenvalue weighted by molar-refractivity contribution is 6.18. The van der Waals surface area contributed by atoms with Gasteiger partial charge in [-0.15, -0.1) is 11.6 Å². The number of halogens is 2. The lowest BCUT2D eigenvalue weighted by molar-refractivity contribution is -0.175. The van der Waals surface area contributed by atoms with Gasteiger partial charge in [-0.3, -0.25) is 4.79 Å². The van der Waals surface area contributed by atoms with Crippen molar-refractivity contribution in [2.24, 2.45) is 22.4 Å². The van der Waals surface area contributed by atoms with E-state index in [1.165, 1.54) is 12.3 Å². The molecule has 6 N–H and O–H groups in total. The molecule has 0 saturated carbocycles. The smallest absolute Gasteiger partial charge is 0.323 e. The van der Waals surface area contributed by atoms with E-state index < -0.39 is 49.1 Å². The first-order valence-electron chi connectivity index (χ1n) is 8.08. The van der Waals surface area contributed by atoms with E-state index in [0.29, 0.717) is 0 Å². The Morgan fingerprint density at radius 3 is 2.77 bits per heavy atom. The molecule has 2 aliphatic rings. The Labute approximate surface area is 155 Å². The molecule has 1 saturated heterocycles. The number of nitrogens with zero attached hydrogens (tertiary/aromatic N) is 2. The summed E-state index contributed by atoms with van der Waals surface area (Å²) in [7, 11) is 0. The number of ether oxygens (including phenoxy) is 2. The van der Waals surface area contributed by atoms with Gasteiger partial charge in [-0.1, -0.05) is 13.8 Å². The minimum atomic E-state index is -1.94. The summed E-state index contributed by atoms with van der Waals surface area (Å²) in [6, 6.07) is -0.873. The summed E-state index contributed by atoms with van der Waals surface area (Å²) in [5, 5.41) is 20.3. The molecule has 148 valence electrons. The maximum atomic E-state index is 14.7. The van der Waals surface area contributed by atoms with Crippen molar-refractivity contribution in [1.29, 1.82) is 0 Å². The second-order valence-corrected chi connectivity index (χ2v) is 6.90. The van der Waals surface area contributed by atoms with Crippen LogP contribution in [-0.2, 0) is 14.3 Å². The lowest BCUT2D eigenvalue weighted by Crippen LogP contribution is -2.50. The normalized spacial score (nSPS) is 35.5. The molecule has 0 radical (unpaired) electrons. The van der Waals surface area contributed by atoms with Crippen molar-refractivity contribution < 1.29 is 28.9 Å². The third-order valence-electron chi connectivity index (χ3n) is 4.39. The van der Waals surface area contributed by atoms with Crippen molar-refractivity contribution in [3.63, 3.8) is 0 Å². The van der Waals surface area contributed by atoms with E-state index >= 15 is 0 Å².